The van der Waals surface area contributed by atoms with Crippen LogP contribution in [0.1, 0.15) is 45.6 Å². The molecule has 0 atom stereocenters. The van der Waals surface area contributed by atoms with Crippen molar-refractivity contribution in [1.29, 1.82) is 0 Å². The lowest BCUT2D eigenvalue weighted by atomic mass is 9.87. The van der Waals surface area contributed by atoms with E-state index in [9.17, 15) is 0 Å². The van der Waals surface area contributed by atoms with Crippen LogP contribution in [0.25, 0.3) is 0 Å². The van der Waals surface area contributed by atoms with Gasteiger partial charge in [-0.3, -0.25) is 0 Å². The maximum atomic E-state index is 5.67. The number of unbranched alkanes of at least 4 members (excludes halogenated alkanes) is 1. The van der Waals surface area contributed by atoms with Gasteiger partial charge >= 0.3 is 0 Å². The first-order valence-electron chi connectivity index (χ1n) is 6.41. The highest BCUT2D eigenvalue weighted by Crippen LogP contribution is 2.24. The van der Waals surface area contributed by atoms with Crippen molar-refractivity contribution in [2.45, 2.75) is 45.4 Å². The molecule has 2 nitrogen and oxygen atoms in total. The minimum atomic E-state index is 0.190. The van der Waals surface area contributed by atoms with Crippen molar-refractivity contribution < 1.29 is 4.74 Å². The molecule has 3 heteroatoms. The quantitative estimate of drug-likeness (QED) is 0.627. The zero-order valence-electron chi connectivity index (χ0n) is 11.5. The third kappa shape index (κ3) is 5.50. The van der Waals surface area contributed by atoms with E-state index >= 15 is 0 Å². The van der Waals surface area contributed by atoms with E-state index in [2.05, 4.69) is 32.9 Å². The van der Waals surface area contributed by atoms with Crippen molar-refractivity contribution >= 4 is 17.2 Å². The third-order valence-electron chi connectivity index (χ3n) is 2.81. The first kappa shape index (κ1) is 15.0. The number of nitrogens with two attached hydrogens (primary N) is 1. The summed E-state index contributed by atoms with van der Waals surface area (Å²) in [6.45, 7) is 7.34. The molecule has 18 heavy (non-hydrogen) atoms. The molecule has 0 aliphatic rings. The Morgan fingerprint density at radius 2 is 1.78 bits per heavy atom. The molecule has 0 aromatic heterocycles. The number of thiocarbonyl (C=S) groups is 1. The van der Waals surface area contributed by atoms with Gasteiger partial charge in [-0.25, -0.2) is 0 Å². The summed E-state index contributed by atoms with van der Waals surface area (Å²) in [4.78, 5) is 0.588. The first-order chi connectivity index (χ1) is 8.39. The molecule has 0 saturated carbocycles. The molecule has 0 saturated heterocycles. The topological polar surface area (TPSA) is 35.2 Å². The van der Waals surface area contributed by atoms with Crippen molar-refractivity contribution in [1.82, 2.24) is 0 Å². The summed E-state index contributed by atoms with van der Waals surface area (Å²) in [5.41, 5.74) is 6.95. The predicted molar refractivity (Wildman–Crippen MR) is 81.3 cm³/mol. The first-order valence-corrected chi connectivity index (χ1v) is 6.82. The number of hydrogen-bond acceptors (Lipinski definition) is 2. The van der Waals surface area contributed by atoms with Gasteiger partial charge in [-0.1, -0.05) is 45.1 Å². The maximum absolute atomic E-state index is 5.67. The second-order valence-corrected chi connectivity index (χ2v) is 6.07. The average molecular weight is 265 g/mol. The molecule has 0 bridgehead atoms. The lowest BCUT2D eigenvalue weighted by Crippen LogP contribution is -2.10. The summed E-state index contributed by atoms with van der Waals surface area (Å²) >= 11 is 4.82. The summed E-state index contributed by atoms with van der Waals surface area (Å²) < 4.78 is 5.67. The van der Waals surface area contributed by atoms with Crippen molar-refractivity contribution in [2.24, 2.45) is 5.73 Å². The van der Waals surface area contributed by atoms with Crippen LogP contribution in [0.2, 0.25) is 0 Å². The van der Waals surface area contributed by atoms with Gasteiger partial charge in [0, 0.05) is 0 Å². The maximum Gasteiger partial charge on any atom is 0.119 e. The Bertz CT molecular complexity index is 378. The molecular formula is C15H23NOS. The third-order valence-corrected chi connectivity index (χ3v) is 3.01. The molecule has 0 amide bonds. The number of hydrogen-bond donors (Lipinski definition) is 1. The van der Waals surface area contributed by atoms with Crippen LogP contribution < -0.4 is 10.5 Å². The lowest BCUT2D eigenvalue weighted by Gasteiger charge is -2.19. The van der Waals surface area contributed by atoms with Gasteiger partial charge in [-0.05, 0) is 42.4 Å². The molecule has 0 heterocycles. The van der Waals surface area contributed by atoms with E-state index in [1.165, 1.54) is 5.56 Å². The smallest absolute Gasteiger partial charge is 0.119 e. The molecule has 0 aliphatic carbocycles. The van der Waals surface area contributed by atoms with Crippen LogP contribution in [0.5, 0.6) is 5.75 Å². The summed E-state index contributed by atoms with van der Waals surface area (Å²) in [5, 5.41) is 0. The summed E-state index contributed by atoms with van der Waals surface area (Å²) in [5.74, 6) is 0.929. The zero-order chi connectivity index (χ0) is 13.6. The molecule has 0 radical (unpaired) electrons. The van der Waals surface area contributed by atoms with Gasteiger partial charge in [0.05, 0.1) is 11.6 Å². The van der Waals surface area contributed by atoms with Gasteiger partial charge in [0.2, 0.25) is 0 Å². The van der Waals surface area contributed by atoms with Crippen LogP contribution in [0.3, 0.4) is 0 Å². The van der Waals surface area contributed by atoms with Gasteiger partial charge in [0.15, 0.2) is 0 Å². The molecule has 0 unspecified atom stereocenters. The highest BCUT2D eigenvalue weighted by molar-refractivity contribution is 7.80. The molecule has 1 aromatic carbocycles. The van der Waals surface area contributed by atoms with Crippen LogP contribution in [0.15, 0.2) is 24.3 Å². The van der Waals surface area contributed by atoms with Crippen LogP contribution in [0, 0.1) is 0 Å². The van der Waals surface area contributed by atoms with Crippen molar-refractivity contribution in [3.8, 4) is 5.75 Å². The Balaban J connectivity index is 2.33. The Hall–Kier alpha value is -1.09. The van der Waals surface area contributed by atoms with Gasteiger partial charge in [-0.2, -0.15) is 0 Å². The fourth-order valence-corrected chi connectivity index (χ4v) is 1.79. The second-order valence-electron chi connectivity index (χ2n) is 5.55. The van der Waals surface area contributed by atoms with Crippen LogP contribution in [0.4, 0.5) is 0 Å². The van der Waals surface area contributed by atoms with E-state index < -0.39 is 0 Å². The van der Waals surface area contributed by atoms with Gasteiger partial charge < -0.3 is 10.5 Å². The summed E-state index contributed by atoms with van der Waals surface area (Å²) in [6, 6.07) is 8.33. The molecule has 0 fully saturated rings. The van der Waals surface area contributed by atoms with E-state index in [1.54, 1.807) is 0 Å². The Labute approximate surface area is 116 Å². The fraction of sp³-hybridized carbons (Fsp3) is 0.533. The monoisotopic (exact) mass is 265 g/mol. The lowest BCUT2D eigenvalue weighted by molar-refractivity contribution is 0.308. The molecular weight excluding hydrogens is 242 g/mol. The van der Waals surface area contributed by atoms with Crippen LogP contribution in [-0.4, -0.2) is 11.6 Å². The zero-order valence-corrected chi connectivity index (χ0v) is 12.3. The number of ether oxygens (including phenoxy) is 1. The average Bonchev–Trinajstić information content (AvgIpc) is 2.27. The van der Waals surface area contributed by atoms with Crippen molar-refractivity contribution in [3.05, 3.63) is 29.8 Å². The standard InChI is InChI=1S/C15H23NOS/c1-15(2,3)12-7-9-13(10-8-12)17-11-5-4-6-14(16)18/h7-10H,4-6,11H2,1-3H3,(H2,16,18). The minimum absolute atomic E-state index is 0.190. The van der Waals surface area contributed by atoms with E-state index in [0.717, 1.165) is 31.6 Å². The van der Waals surface area contributed by atoms with Gasteiger partial charge in [-0.15, -0.1) is 0 Å². The highest BCUT2D eigenvalue weighted by Gasteiger charge is 2.12. The van der Waals surface area contributed by atoms with Gasteiger partial charge in [0.25, 0.3) is 0 Å². The molecule has 100 valence electrons. The van der Waals surface area contributed by atoms with E-state index in [1.807, 2.05) is 12.1 Å². The minimum Gasteiger partial charge on any atom is -0.494 e. The molecule has 1 rings (SSSR count). The summed E-state index contributed by atoms with van der Waals surface area (Å²) in [7, 11) is 0. The number of rotatable bonds is 6. The predicted octanol–water partition coefficient (Wildman–Crippen LogP) is 3.82. The van der Waals surface area contributed by atoms with E-state index in [4.69, 9.17) is 22.7 Å². The van der Waals surface area contributed by atoms with Crippen LogP contribution in [-0.2, 0) is 5.41 Å². The van der Waals surface area contributed by atoms with E-state index in [0.29, 0.717) is 4.99 Å². The molecule has 0 aliphatic heterocycles. The molecule has 1 aromatic rings. The Morgan fingerprint density at radius 3 is 2.28 bits per heavy atom. The van der Waals surface area contributed by atoms with Crippen molar-refractivity contribution in [3.63, 3.8) is 0 Å². The van der Waals surface area contributed by atoms with Gasteiger partial charge in [0.1, 0.15) is 5.75 Å². The SMILES string of the molecule is CC(C)(C)c1ccc(OCCCCC(N)=S)cc1. The molecule has 2 N–H and O–H groups in total. The molecule has 0 spiro atoms. The van der Waals surface area contributed by atoms with Crippen molar-refractivity contribution in [2.75, 3.05) is 6.61 Å². The van der Waals surface area contributed by atoms with E-state index in [-0.39, 0.29) is 5.41 Å². The number of benzene rings is 1. The largest absolute Gasteiger partial charge is 0.494 e. The highest BCUT2D eigenvalue weighted by atomic mass is 32.1. The fourth-order valence-electron chi connectivity index (χ4n) is 1.64. The summed E-state index contributed by atoms with van der Waals surface area (Å²) in [6.07, 6.45) is 2.79. The normalized spacial score (nSPS) is 11.3. The second kappa shape index (κ2) is 6.74. The van der Waals surface area contributed by atoms with Crippen LogP contribution >= 0.6 is 12.2 Å². The Morgan fingerprint density at radius 1 is 1.17 bits per heavy atom. The Kier molecular flexibility index (Phi) is 5.60.